The number of aromatic hydroxyl groups is 2. The predicted octanol–water partition coefficient (Wildman–Crippen LogP) is 6.23. The number of phenolic OH excluding ortho intramolecular Hbond substituents is 2. The number of rotatable bonds is 3. The highest BCUT2D eigenvalue weighted by atomic mass is 35.5. The van der Waals surface area contributed by atoms with Gasteiger partial charge in [-0.05, 0) is 55.7 Å². The van der Waals surface area contributed by atoms with E-state index in [4.69, 9.17) is 11.6 Å². The van der Waals surface area contributed by atoms with Crippen molar-refractivity contribution in [2.45, 2.75) is 26.2 Å². The van der Waals surface area contributed by atoms with Gasteiger partial charge in [0, 0.05) is 33.3 Å². The molecule has 4 rings (SSSR count). The van der Waals surface area contributed by atoms with Crippen LogP contribution in [0.15, 0.2) is 66.8 Å². The number of nitrogens with one attached hydrogen (secondary N) is 1. The highest BCUT2D eigenvalue weighted by Gasteiger charge is 2.24. The fourth-order valence-corrected chi connectivity index (χ4v) is 3.95. The van der Waals surface area contributed by atoms with Crippen LogP contribution >= 0.6 is 11.6 Å². The molecule has 3 aromatic rings. The molecule has 1 aliphatic carbocycles. The van der Waals surface area contributed by atoms with Crippen LogP contribution in [0.5, 0.6) is 11.5 Å². The molecule has 0 saturated heterocycles. The number of nitrogens with zero attached hydrogens (tertiary/aromatic N) is 1. The first-order chi connectivity index (χ1) is 14.3. The summed E-state index contributed by atoms with van der Waals surface area (Å²) in [5.41, 5.74) is 5.47. The van der Waals surface area contributed by atoms with Gasteiger partial charge in [-0.25, -0.2) is 0 Å². The van der Waals surface area contributed by atoms with E-state index >= 15 is 0 Å². The average molecular weight is 419 g/mol. The van der Waals surface area contributed by atoms with Crippen LogP contribution in [-0.4, -0.2) is 20.4 Å². The molecule has 0 saturated carbocycles. The fraction of sp³-hybridized carbons (Fsp3) is 0.160. The third-order valence-electron chi connectivity index (χ3n) is 5.58. The second kappa shape index (κ2) is 7.54. The molecule has 2 aromatic carbocycles. The smallest absolute Gasteiger partial charge is 0.128 e. The SMILES string of the molecule is Cc1cc(-c2n[nH]c(C)c2C2=CC=CC(C)(c3cccc(Cl)c3)C=C2)c(O)cc1O. The largest absolute Gasteiger partial charge is 0.508 e. The Bertz CT molecular complexity index is 1220. The van der Waals surface area contributed by atoms with E-state index in [1.807, 2.05) is 37.3 Å². The third kappa shape index (κ3) is 3.55. The molecule has 0 bridgehead atoms. The molecule has 30 heavy (non-hydrogen) atoms. The van der Waals surface area contributed by atoms with E-state index in [1.54, 1.807) is 13.0 Å². The summed E-state index contributed by atoms with van der Waals surface area (Å²) in [6, 6.07) is 11.0. The van der Waals surface area contributed by atoms with Crippen molar-refractivity contribution < 1.29 is 10.2 Å². The lowest BCUT2D eigenvalue weighted by atomic mass is 9.82. The van der Waals surface area contributed by atoms with Gasteiger partial charge in [-0.15, -0.1) is 0 Å². The maximum absolute atomic E-state index is 10.4. The number of phenols is 2. The second-order valence-electron chi connectivity index (χ2n) is 7.84. The van der Waals surface area contributed by atoms with Crippen molar-refractivity contribution in [3.05, 3.63) is 94.2 Å². The van der Waals surface area contributed by atoms with Gasteiger partial charge in [0.15, 0.2) is 0 Å². The van der Waals surface area contributed by atoms with Crippen molar-refractivity contribution in [1.82, 2.24) is 10.2 Å². The molecule has 152 valence electrons. The van der Waals surface area contributed by atoms with Gasteiger partial charge in [0.2, 0.25) is 0 Å². The number of aromatic amines is 1. The molecule has 0 radical (unpaired) electrons. The van der Waals surface area contributed by atoms with Gasteiger partial charge in [0.05, 0.1) is 0 Å². The molecule has 0 aliphatic heterocycles. The van der Waals surface area contributed by atoms with Crippen LogP contribution in [0, 0.1) is 13.8 Å². The van der Waals surface area contributed by atoms with E-state index in [0.29, 0.717) is 21.8 Å². The van der Waals surface area contributed by atoms with E-state index < -0.39 is 0 Å². The Morgan fingerprint density at radius 3 is 2.60 bits per heavy atom. The Hall–Kier alpha value is -3.24. The Kier molecular flexibility index (Phi) is 5.04. The molecule has 3 N–H and O–H groups in total. The maximum atomic E-state index is 10.4. The molecular weight excluding hydrogens is 396 g/mol. The molecule has 1 atom stereocenters. The number of H-pyrrole nitrogens is 1. The average Bonchev–Trinajstić information content (AvgIpc) is 2.96. The Balaban J connectivity index is 1.79. The number of aryl methyl sites for hydroxylation is 2. The molecular formula is C25H23ClN2O2. The zero-order valence-corrected chi connectivity index (χ0v) is 17.8. The fourth-order valence-electron chi connectivity index (χ4n) is 3.76. The van der Waals surface area contributed by atoms with Crippen molar-refractivity contribution in [2.24, 2.45) is 0 Å². The normalized spacial score (nSPS) is 18.3. The summed E-state index contributed by atoms with van der Waals surface area (Å²) in [5.74, 6) is 0.0437. The minimum atomic E-state index is -0.307. The van der Waals surface area contributed by atoms with Gasteiger partial charge in [0.1, 0.15) is 17.2 Å². The minimum absolute atomic E-state index is 0.0108. The van der Waals surface area contributed by atoms with E-state index in [9.17, 15) is 10.2 Å². The van der Waals surface area contributed by atoms with E-state index in [0.717, 1.165) is 22.4 Å². The van der Waals surface area contributed by atoms with Gasteiger partial charge in [-0.2, -0.15) is 5.10 Å². The first kappa shape index (κ1) is 20.0. The Morgan fingerprint density at radius 1 is 1.03 bits per heavy atom. The van der Waals surface area contributed by atoms with Crippen molar-refractivity contribution in [3.8, 4) is 22.8 Å². The number of hydrogen-bond acceptors (Lipinski definition) is 3. The quantitative estimate of drug-likeness (QED) is 0.472. The van der Waals surface area contributed by atoms with E-state index in [2.05, 4.69) is 41.4 Å². The van der Waals surface area contributed by atoms with Crippen LogP contribution in [-0.2, 0) is 5.41 Å². The summed E-state index contributed by atoms with van der Waals surface area (Å²) in [7, 11) is 0. The lowest BCUT2D eigenvalue weighted by Gasteiger charge is -2.22. The van der Waals surface area contributed by atoms with E-state index in [-0.39, 0.29) is 16.9 Å². The van der Waals surface area contributed by atoms with Crippen LogP contribution in [0.25, 0.3) is 16.8 Å². The highest BCUT2D eigenvalue weighted by Crippen LogP contribution is 2.40. The van der Waals surface area contributed by atoms with Crippen molar-refractivity contribution in [1.29, 1.82) is 0 Å². The zero-order valence-electron chi connectivity index (χ0n) is 17.1. The number of allylic oxidation sites excluding steroid dienone is 6. The van der Waals surface area contributed by atoms with Gasteiger partial charge < -0.3 is 10.2 Å². The molecule has 1 unspecified atom stereocenters. The van der Waals surface area contributed by atoms with Crippen LogP contribution < -0.4 is 0 Å². The molecule has 4 nitrogen and oxygen atoms in total. The molecule has 1 aromatic heterocycles. The first-order valence-corrected chi connectivity index (χ1v) is 10.1. The number of hydrogen-bond donors (Lipinski definition) is 3. The third-order valence-corrected chi connectivity index (χ3v) is 5.81. The maximum Gasteiger partial charge on any atom is 0.128 e. The van der Waals surface area contributed by atoms with Crippen LogP contribution in [0.4, 0.5) is 0 Å². The minimum Gasteiger partial charge on any atom is -0.508 e. The molecule has 1 aliphatic rings. The summed E-state index contributed by atoms with van der Waals surface area (Å²) < 4.78 is 0. The number of halogens is 1. The van der Waals surface area contributed by atoms with Crippen molar-refractivity contribution in [2.75, 3.05) is 0 Å². The van der Waals surface area contributed by atoms with Gasteiger partial charge in [0.25, 0.3) is 0 Å². The summed E-state index contributed by atoms with van der Waals surface area (Å²) in [6.07, 6.45) is 10.4. The summed E-state index contributed by atoms with van der Waals surface area (Å²) >= 11 is 6.21. The standard InChI is InChI=1S/C25H23ClN2O2/c1-15-12-20(22(30)14-21(15)29)24-23(16(2)27-28-24)17-6-5-10-25(3,11-9-17)18-7-4-8-19(26)13-18/h4-14,29-30H,1-3H3,(H,27,28). The van der Waals surface area contributed by atoms with Crippen LogP contribution in [0.1, 0.15) is 29.3 Å². The molecule has 0 amide bonds. The van der Waals surface area contributed by atoms with Crippen LogP contribution in [0.3, 0.4) is 0 Å². The van der Waals surface area contributed by atoms with Gasteiger partial charge in [-0.1, -0.05) is 54.1 Å². The van der Waals surface area contributed by atoms with Crippen LogP contribution in [0.2, 0.25) is 5.02 Å². The molecule has 1 heterocycles. The highest BCUT2D eigenvalue weighted by molar-refractivity contribution is 6.30. The zero-order chi connectivity index (χ0) is 21.5. The summed E-state index contributed by atoms with van der Waals surface area (Å²) in [6.45, 7) is 5.89. The van der Waals surface area contributed by atoms with Gasteiger partial charge >= 0.3 is 0 Å². The Morgan fingerprint density at radius 2 is 1.83 bits per heavy atom. The lowest BCUT2D eigenvalue weighted by Crippen LogP contribution is -2.15. The lowest BCUT2D eigenvalue weighted by molar-refractivity contribution is 0.449. The number of aromatic nitrogens is 2. The summed E-state index contributed by atoms with van der Waals surface area (Å²) in [4.78, 5) is 0. The van der Waals surface area contributed by atoms with E-state index in [1.165, 1.54) is 6.07 Å². The van der Waals surface area contributed by atoms with Gasteiger partial charge in [-0.3, -0.25) is 5.10 Å². The molecule has 0 fully saturated rings. The van der Waals surface area contributed by atoms with Crippen molar-refractivity contribution >= 4 is 17.2 Å². The Labute approximate surface area is 180 Å². The number of benzene rings is 2. The monoisotopic (exact) mass is 418 g/mol. The topological polar surface area (TPSA) is 69.1 Å². The van der Waals surface area contributed by atoms with Crippen molar-refractivity contribution in [3.63, 3.8) is 0 Å². The molecule has 0 spiro atoms. The summed E-state index contributed by atoms with van der Waals surface area (Å²) in [5, 5.41) is 28.5. The molecule has 5 heteroatoms. The second-order valence-corrected chi connectivity index (χ2v) is 8.27. The first-order valence-electron chi connectivity index (χ1n) is 9.71. The predicted molar refractivity (Wildman–Crippen MR) is 122 cm³/mol.